The minimum atomic E-state index is -3.37. The number of aliphatic carboxylic acids is 1. The van der Waals surface area contributed by atoms with Gasteiger partial charge in [-0.05, 0) is 36.2 Å². The van der Waals surface area contributed by atoms with Gasteiger partial charge in [0.15, 0.2) is 0 Å². The second-order valence-electron chi connectivity index (χ2n) is 6.72. The number of carbonyl (C=O) groups excluding carboxylic acids is 1. The van der Waals surface area contributed by atoms with Crippen LogP contribution in [0.1, 0.15) is 43.0 Å². The van der Waals surface area contributed by atoms with Crippen LogP contribution in [0, 0.1) is 0 Å². The van der Waals surface area contributed by atoms with Crippen molar-refractivity contribution in [2.45, 2.75) is 31.7 Å². The molecule has 0 saturated carbocycles. The number of nitrogens with one attached hydrogen (secondary N) is 1. The molecule has 1 amide bonds. The third-order valence-electron chi connectivity index (χ3n) is 4.34. The molecule has 1 aromatic carbocycles. The van der Waals surface area contributed by atoms with Crippen LogP contribution < -0.4 is 4.72 Å². The fourth-order valence-electron chi connectivity index (χ4n) is 3.07. The number of furan rings is 1. The van der Waals surface area contributed by atoms with Gasteiger partial charge in [0.2, 0.25) is 15.9 Å². The van der Waals surface area contributed by atoms with Crippen LogP contribution in [0.2, 0.25) is 0 Å². The Morgan fingerprint density at radius 2 is 1.97 bits per heavy atom. The number of hydrazone groups is 1. The highest BCUT2D eigenvalue weighted by atomic mass is 32.2. The van der Waals surface area contributed by atoms with E-state index in [-0.39, 0.29) is 25.2 Å². The topological polar surface area (TPSA) is 129 Å². The summed E-state index contributed by atoms with van der Waals surface area (Å²) in [6.07, 6.45) is 3.23. The Bertz CT molecular complexity index is 1010. The lowest BCUT2D eigenvalue weighted by Crippen LogP contribution is -2.26. The molecule has 3 rings (SSSR count). The Morgan fingerprint density at radius 1 is 1.24 bits per heavy atom. The number of nitrogens with zero attached hydrogens (tertiary/aromatic N) is 2. The van der Waals surface area contributed by atoms with E-state index < -0.39 is 22.0 Å². The van der Waals surface area contributed by atoms with Crippen molar-refractivity contribution in [2.24, 2.45) is 5.10 Å². The lowest BCUT2D eigenvalue weighted by molar-refractivity contribution is -0.137. The van der Waals surface area contributed by atoms with Gasteiger partial charge < -0.3 is 9.52 Å². The van der Waals surface area contributed by atoms with Crippen molar-refractivity contribution in [3.8, 4) is 0 Å². The predicted molar refractivity (Wildman–Crippen MR) is 106 cm³/mol. The predicted octanol–water partition coefficient (Wildman–Crippen LogP) is 2.58. The molecule has 2 N–H and O–H groups in total. The van der Waals surface area contributed by atoms with Gasteiger partial charge in [-0.25, -0.2) is 13.4 Å². The van der Waals surface area contributed by atoms with E-state index in [9.17, 15) is 18.0 Å². The third-order valence-corrected chi connectivity index (χ3v) is 4.95. The number of carbonyl (C=O) groups is 2. The summed E-state index contributed by atoms with van der Waals surface area (Å²) < 4.78 is 30.5. The van der Waals surface area contributed by atoms with Crippen LogP contribution in [0.5, 0.6) is 0 Å². The van der Waals surface area contributed by atoms with Gasteiger partial charge in [0, 0.05) is 24.9 Å². The fourth-order valence-corrected chi connectivity index (χ4v) is 3.63. The van der Waals surface area contributed by atoms with Crippen LogP contribution in [0.3, 0.4) is 0 Å². The van der Waals surface area contributed by atoms with Gasteiger partial charge in [-0.2, -0.15) is 5.10 Å². The zero-order valence-electron chi connectivity index (χ0n) is 15.7. The molecule has 0 saturated heterocycles. The number of rotatable bonds is 8. The van der Waals surface area contributed by atoms with Crippen LogP contribution in [0.15, 0.2) is 52.2 Å². The average Bonchev–Trinajstić information content (AvgIpc) is 3.30. The van der Waals surface area contributed by atoms with E-state index in [0.717, 1.165) is 11.8 Å². The Labute approximate surface area is 168 Å². The summed E-state index contributed by atoms with van der Waals surface area (Å²) in [6.45, 7) is 0. The molecule has 10 heteroatoms. The van der Waals surface area contributed by atoms with Crippen molar-refractivity contribution in [3.05, 3.63) is 54.0 Å². The zero-order chi connectivity index (χ0) is 21.0. The van der Waals surface area contributed by atoms with Crippen molar-refractivity contribution in [2.75, 3.05) is 11.0 Å². The molecule has 1 unspecified atom stereocenters. The lowest BCUT2D eigenvalue weighted by Gasteiger charge is -2.19. The number of anilines is 1. The smallest absolute Gasteiger partial charge is 0.303 e. The molecule has 1 aliphatic rings. The van der Waals surface area contributed by atoms with Crippen LogP contribution in [0.25, 0.3) is 0 Å². The van der Waals surface area contributed by atoms with Gasteiger partial charge in [0.05, 0.1) is 18.2 Å². The summed E-state index contributed by atoms with van der Waals surface area (Å²) in [7, 11) is -3.37. The average molecular weight is 419 g/mol. The van der Waals surface area contributed by atoms with E-state index in [1.165, 1.54) is 11.3 Å². The summed E-state index contributed by atoms with van der Waals surface area (Å²) >= 11 is 0. The molecule has 1 aromatic heterocycles. The Morgan fingerprint density at radius 3 is 2.55 bits per heavy atom. The van der Waals surface area contributed by atoms with E-state index in [4.69, 9.17) is 9.52 Å². The van der Waals surface area contributed by atoms with Gasteiger partial charge in [-0.3, -0.25) is 14.3 Å². The highest BCUT2D eigenvalue weighted by Crippen LogP contribution is 2.34. The summed E-state index contributed by atoms with van der Waals surface area (Å²) in [5.74, 6) is -0.641. The van der Waals surface area contributed by atoms with Crippen LogP contribution in [-0.4, -0.2) is 42.4 Å². The van der Waals surface area contributed by atoms with Crippen molar-refractivity contribution >= 4 is 33.3 Å². The van der Waals surface area contributed by atoms with Crippen molar-refractivity contribution in [3.63, 3.8) is 0 Å². The Balaban J connectivity index is 1.79. The first-order chi connectivity index (χ1) is 13.7. The summed E-state index contributed by atoms with van der Waals surface area (Å²) in [5, 5.41) is 14.6. The zero-order valence-corrected chi connectivity index (χ0v) is 16.6. The van der Waals surface area contributed by atoms with Gasteiger partial charge in [-0.15, -0.1) is 0 Å². The van der Waals surface area contributed by atoms with E-state index in [1.807, 2.05) is 0 Å². The van der Waals surface area contributed by atoms with E-state index >= 15 is 0 Å². The molecule has 2 aromatic rings. The molecule has 9 nitrogen and oxygen atoms in total. The number of sulfonamides is 1. The van der Waals surface area contributed by atoms with Gasteiger partial charge in [0.25, 0.3) is 0 Å². The molecule has 0 aliphatic carbocycles. The van der Waals surface area contributed by atoms with Crippen LogP contribution in [-0.2, 0) is 19.6 Å². The molecule has 0 spiro atoms. The summed E-state index contributed by atoms with van der Waals surface area (Å²) in [6, 6.07) is 9.78. The standard InChI is InChI=1S/C19H21N3O6S/c1-29(26,27)21-14-9-7-13(8-10-14)15-12-16(17-4-3-11-28-17)22(20-15)18(23)5-2-6-19(24)25/h3-4,7-11,16,21H,2,5-6,12H2,1H3,(H,24,25). The van der Waals surface area contributed by atoms with Crippen LogP contribution >= 0.6 is 0 Å². The molecule has 0 radical (unpaired) electrons. The van der Waals surface area contributed by atoms with Crippen molar-refractivity contribution in [1.82, 2.24) is 5.01 Å². The number of amides is 1. The maximum Gasteiger partial charge on any atom is 0.303 e. The maximum atomic E-state index is 12.6. The second-order valence-corrected chi connectivity index (χ2v) is 8.47. The normalized spacial score (nSPS) is 16.5. The number of hydrogen-bond donors (Lipinski definition) is 2. The monoisotopic (exact) mass is 419 g/mol. The molecular formula is C19H21N3O6S. The molecule has 2 heterocycles. The van der Waals surface area contributed by atoms with Gasteiger partial charge in [0.1, 0.15) is 11.8 Å². The first-order valence-electron chi connectivity index (χ1n) is 8.96. The molecule has 29 heavy (non-hydrogen) atoms. The molecule has 0 fully saturated rings. The van der Waals surface area contributed by atoms with Crippen molar-refractivity contribution < 1.29 is 27.5 Å². The largest absolute Gasteiger partial charge is 0.481 e. The molecule has 154 valence electrons. The fraction of sp³-hybridized carbons (Fsp3) is 0.316. The third kappa shape index (κ3) is 5.44. The van der Waals surface area contributed by atoms with E-state index in [2.05, 4.69) is 9.82 Å². The maximum absolute atomic E-state index is 12.6. The van der Waals surface area contributed by atoms with Gasteiger partial charge >= 0.3 is 5.97 Å². The lowest BCUT2D eigenvalue weighted by atomic mass is 10.0. The first kappa shape index (κ1) is 20.6. The minimum Gasteiger partial charge on any atom is -0.481 e. The number of benzene rings is 1. The quantitative estimate of drug-likeness (QED) is 0.676. The summed E-state index contributed by atoms with van der Waals surface area (Å²) in [5.41, 5.74) is 1.84. The number of carboxylic acid groups (broad SMARTS) is 1. The van der Waals surface area contributed by atoms with E-state index in [1.54, 1.807) is 36.4 Å². The molecule has 1 atom stereocenters. The highest BCUT2D eigenvalue weighted by Gasteiger charge is 2.34. The van der Waals surface area contributed by atoms with Gasteiger partial charge in [-0.1, -0.05) is 12.1 Å². The highest BCUT2D eigenvalue weighted by molar-refractivity contribution is 7.92. The number of hydrogen-bond acceptors (Lipinski definition) is 6. The minimum absolute atomic E-state index is 0.0670. The summed E-state index contributed by atoms with van der Waals surface area (Å²) in [4.78, 5) is 23.3. The molecule has 0 bridgehead atoms. The first-order valence-corrected chi connectivity index (χ1v) is 10.8. The Hall–Kier alpha value is -3.14. The van der Waals surface area contributed by atoms with E-state index in [0.29, 0.717) is 23.6 Å². The Kier molecular flexibility index (Phi) is 6.02. The second kappa shape index (κ2) is 8.48. The van der Waals surface area contributed by atoms with Crippen molar-refractivity contribution in [1.29, 1.82) is 0 Å². The number of carboxylic acids is 1. The molecular weight excluding hydrogens is 398 g/mol. The van der Waals surface area contributed by atoms with Crippen LogP contribution in [0.4, 0.5) is 5.69 Å². The molecule has 1 aliphatic heterocycles. The SMILES string of the molecule is CS(=O)(=O)Nc1ccc(C2=NN(C(=O)CCCC(=O)O)C(c3ccco3)C2)cc1.